The number of carbonyl (C=O) groups excluding carboxylic acids is 2. The molecule has 0 aromatic rings. The first-order valence-electron chi connectivity index (χ1n) is 18.1. The summed E-state index contributed by atoms with van der Waals surface area (Å²) in [6.07, 6.45) is 19.5. The largest absolute Gasteiger partial charge is 0.460 e. The molecule has 1 aliphatic heterocycles. The SMILES string of the molecule is CCCCCCCCCOC(CCC(=O)O[C@@H]1CCCN(C(=O)OCCCN(CC)CC)C1)OCCCCCCCCC. The average Bonchev–Trinajstić information content (AvgIpc) is 3.02. The molecule has 0 saturated carbocycles. The van der Waals surface area contributed by atoms with E-state index in [9.17, 15) is 9.59 Å². The highest BCUT2D eigenvalue weighted by molar-refractivity contribution is 5.70. The Balaban J connectivity index is 2.37. The van der Waals surface area contributed by atoms with Crippen molar-refractivity contribution < 1.29 is 28.5 Å². The van der Waals surface area contributed by atoms with Gasteiger partial charge in [0.2, 0.25) is 0 Å². The topological polar surface area (TPSA) is 77.5 Å². The van der Waals surface area contributed by atoms with Gasteiger partial charge in [-0.15, -0.1) is 0 Å². The lowest BCUT2D eigenvalue weighted by atomic mass is 10.1. The second-order valence-corrected chi connectivity index (χ2v) is 12.1. The predicted molar refractivity (Wildman–Crippen MR) is 175 cm³/mol. The summed E-state index contributed by atoms with van der Waals surface area (Å²) >= 11 is 0. The van der Waals surface area contributed by atoms with Crippen LogP contribution in [0.4, 0.5) is 4.79 Å². The van der Waals surface area contributed by atoms with Gasteiger partial charge < -0.3 is 28.7 Å². The Morgan fingerprint density at radius 3 is 1.86 bits per heavy atom. The second kappa shape index (κ2) is 28.1. The van der Waals surface area contributed by atoms with Crippen LogP contribution in [0.2, 0.25) is 0 Å². The maximum absolute atomic E-state index is 12.8. The van der Waals surface area contributed by atoms with Crippen LogP contribution in [0.5, 0.6) is 0 Å². The second-order valence-electron chi connectivity index (χ2n) is 12.1. The Morgan fingerprint density at radius 1 is 0.744 bits per heavy atom. The Morgan fingerprint density at radius 2 is 1.30 bits per heavy atom. The number of carbonyl (C=O) groups is 2. The molecular formula is C35H68N2O6. The molecule has 43 heavy (non-hydrogen) atoms. The van der Waals surface area contributed by atoms with Gasteiger partial charge in [0.1, 0.15) is 6.10 Å². The first kappa shape index (κ1) is 39.6. The molecule has 1 atom stereocenters. The minimum absolute atomic E-state index is 0.247. The third-order valence-corrected chi connectivity index (χ3v) is 8.36. The number of likely N-dealkylation sites (tertiary alicyclic amines) is 1. The number of piperidine rings is 1. The lowest BCUT2D eigenvalue weighted by molar-refractivity contribution is -0.163. The zero-order valence-corrected chi connectivity index (χ0v) is 28.6. The van der Waals surface area contributed by atoms with E-state index in [0.717, 1.165) is 51.7 Å². The van der Waals surface area contributed by atoms with E-state index in [-0.39, 0.29) is 30.9 Å². The van der Waals surface area contributed by atoms with E-state index in [1.807, 2.05) is 0 Å². The molecule has 1 amide bonds. The summed E-state index contributed by atoms with van der Waals surface area (Å²) in [6.45, 7) is 14.5. The summed E-state index contributed by atoms with van der Waals surface area (Å²) in [5, 5.41) is 0. The van der Waals surface area contributed by atoms with Gasteiger partial charge in [-0.2, -0.15) is 0 Å². The van der Waals surface area contributed by atoms with Crippen molar-refractivity contribution in [3.8, 4) is 0 Å². The predicted octanol–water partition coefficient (Wildman–Crippen LogP) is 8.50. The Kier molecular flexibility index (Phi) is 25.9. The van der Waals surface area contributed by atoms with Gasteiger partial charge >= 0.3 is 12.1 Å². The van der Waals surface area contributed by atoms with Gasteiger partial charge in [0.05, 0.1) is 19.6 Å². The van der Waals surface area contributed by atoms with Crippen molar-refractivity contribution in [3.05, 3.63) is 0 Å². The molecular weight excluding hydrogens is 544 g/mol. The summed E-state index contributed by atoms with van der Waals surface area (Å²) in [4.78, 5) is 29.3. The molecule has 0 N–H and O–H groups in total. The first-order chi connectivity index (χ1) is 21.0. The lowest BCUT2D eigenvalue weighted by Gasteiger charge is -2.31. The molecule has 1 heterocycles. The maximum Gasteiger partial charge on any atom is 0.409 e. The van der Waals surface area contributed by atoms with Crippen molar-refractivity contribution in [1.29, 1.82) is 0 Å². The van der Waals surface area contributed by atoms with E-state index in [4.69, 9.17) is 18.9 Å². The van der Waals surface area contributed by atoms with Gasteiger partial charge in [0.25, 0.3) is 0 Å². The van der Waals surface area contributed by atoms with E-state index in [2.05, 4.69) is 32.6 Å². The summed E-state index contributed by atoms with van der Waals surface area (Å²) in [5.74, 6) is -0.247. The fraction of sp³-hybridized carbons (Fsp3) is 0.943. The molecule has 1 saturated heterocycles. The monoisotopic (exact) mass is 613 g/mol. The van der Waals surface area contributed by atoms with Crippen LogP contribution >= 0.6 is 0 Å². The Labute approximate surface area is 264 Å². The van der Waals surface area contributed by atoms with E-state index in [0.29, 0.717) is 39.3 Å². The van der Waals surface area contributed by atoms with Crippen LogP contribution in [0.15, 0.2) is 0 Å². The number of nitrogens with zero attached hydrogens (tertiary/aromatic N) is 2. The van der Waals surface area contributed by atoms with Crippen LogP contribution in [0, 0.1) is 0 Å². The van der Waals surface area contributed by atoms with E-state index >= 15 is 0 Å². The minimum atomic E-state index is -0.373. The molecule has 0 unspecified atom stereocenters. The molecule has 8 heteroatoms. The number of rotatable bonds is 28. The van der Waals surface area contributed by atoms with Gasteiger partial charge in [0.15, 0.2) is 6.29 Å². The van der Waals surface area contributed by atoms with E-state index in [1.165, 1.54) is 77.0 Å². The van der Waals surface area contributed by atoms with Gasteiger partial charge in [0, 0.05) is 32.7 Å². The number of hydrogen-bond acceptors (Lipinski definition) is 7. The molecule has 1 fully saturated rings. The third-order valence-electron chi connectivity index (χ3n) is 8.36. The summed E-state index contributed by atoms with van der Waals surface area (Å²) in [5.41, 5.74) is 0. The van der Waals surface area contributed by atoms with Crippen LogP contribution < -0.4 is 0 Å². The van der Waals surface area contributed by atoms with Crippen molar-refractivity contribution in [1.82, 2.24) is 9.80 Å². The van der Waals surface area contributed by atoms with E-state index < -0.39 is 0 Å². The molecule has 8 nitrogen and oxygen atoms in total. The fourth-order valence-electron chi connectivity index (χ4n) is 5.52. The summed E-state index contributed by atoms with van der Waals surface area (Å²) < 4.78 is 23.5. The zero-order valence-electron chi connectivity index (χ0n) is 28.6. The number of hydrogen-bond donors (Lipinski definition) is 0. The normalized spacial score (nSPS) is 15.4. The van der Waals surface area contributed by atoms with Crippen LogP contribution in [0.1, 0.15) is 150 Å². The summed E-state index contributed by atoms with van der Waals surface area (Å²) in [6, 6.07) is 0. The molecule has 0 bridgehead atoms. The fourth-order valence-corrected chi connectivity index (χ4v) is 5.52. The van der Waals surface area contributed by atoms with Crippen molar-refractivity contribution >= 4 is 12.1 Å². The van der Waals surface area contributed by atoms with Crippen LogP contribution in [0.3, 0.4) is 0 Å². The summed E-state index contributed by atoms with van der Waals surface area (Å²) in [7, 11) is 0. The van der Waals surface area contributed by atoms with Gasteiger partial charge in [-0.1, -0.05) is 105 Å². The third kappa shape index (κ3) is 21.9. The van der Waals surface area contributed by atoms with Gasteiger partial charge in [-0.25, -0.2) is 4.79 Å². The van der Waals surface area contributed by atoms with Crippen LogP contribution in [0.25, 0.3) is 0 Å². The van der Waals surface area contributed by atoms with Crippen molar-refractivity contribution in [2.24, 2.45) is 0 Å². The molecule has 254 valence electrons. The smallest absolute Gasteiger partial charge is 0.409 e. The highest BCUT2D eigenvalue weighted by Gasteiger charge is 2.27. The molecule has 0 aromatic carbocycles. The molecule has 0 spiro atoms. The quantitative estimate of drug-likeness (QED) is 0.0498. The maximum atomic E-state index is 12.8. The van der Waals surface area contributed by atoms with Gasteiger partial charge in [-0.05, 0) is 45.2 Å². The highest BCUT2D eigenvalue weighted by Crippen LogP contribution is 2.17. The van der Waals surface area contributed by atoms with Crippen LogP contribution in [-0.2, 0) is 23.7 Å². The molecule has 0 radical (unpaired) electrons. The standard InChI is InChI=1S/C35H68N2O6/c1-5-9-11-13-15-17-19-28-40-34(41-29-20-18-16-14-12-10-6-2)25-24-33(38)43-32-23-21-27-37(31-32)35(39)42-30-22-26-36(7-3)8-4/h32,34H,5-31H2,1-4H3/t32-/m1/s1. The molecule has 0 aromatic heterocycles. The minimum Gasteiger partial charge on any atom is -0.460 e. The first-order valence-corrected chi connectivity index (χ1v) is 18.1. The molecule has 0 aliphatic carbocycles. The highest BCUT2D eigenvalue weighted by atomic mass is 16.7. The van der Waals surface area contributed by atoms with Gasteiger partial charge in [-0.3, -0.25) is 4.79 Å². The average molecular weight is 613 g/mol. The number of unbranched alkanes of at least 4 members (excludes halogenated alkanes) is 12. The van der Waals surface area contributed by atoms with Crippen molar-refractivity contribution in [2.45, 2.75) is 162 Å². The molecule has 1 rings (SSSR count). The van der Waals surface area contributed by atoms with Crippen LogP contribution in [-0.4, -0.2) is 86.8 Å². The van der Waals surface area contributed by atoms with Crippen molar-refractivity contribution in [2.75, 3.05) is 52.5 Å². The Bertz CT molecular complexity index is 640. The zero-order chi connectivity index (χ0) is 31.4. The Hall–Kier alpha value is -1.38. The number of esters is 1. The number of amides is 1. The van der Waals surface area contributed by atoms with Crippen molar-refractivity contribution in [3.63, 3.8) is 0 Å². The number of ether oxygens (including phenoxy) is 4. The molecule has 1 aliphatic rings. The lowest BCUT2D eigenvalue weighted by Crippen LogP contribution is -2.44. The van der Waals surface area contributed by atoms with E-state index in [1.54, 1.807) is 4.90 Å².